The van der Waals surface area contributed by atoms with Crippen LogP contribution in [-0.2, 0) is 0 Å². The molecule has 1 aliphatic heterocycles. The van der Waals surface area contributed by atoms with E-state index in [9.17, 15) is 4.79 Å². The van der Waals surface area contributed by atoms with E-state index in [0.29, 0.717) is 0 Å². The van der Waals surface area contributed by atoms with Crippen LogP contribution in [-0.4, -0.2) is 11.5 Å². The molecule has 0 atom stereocenters. The molecular weight excluding hydrogens is 320 g/mol. The number of rotatable bonds is 0. The number of carbonyl (C=O) groups excluding carboxylic acids is 1. The first-order valence-corrected chi connectivity index (χ1v) is 5.79. The lowest BCUT2D eigenvalue weighted by Crippen LogP contribution is -3.00. The molecule has 2 amide bonds. The fourth-order valence-electron chi connectivity index (χ4n) is 2.24. The fraction of sp³-hybridized carbons (Fsp3) is 0. The number of carbonyl (C=O) groups is 1. The summed E-state index contributed by atoms with van der Waals surface area (Å²) in [5, 5.41) is 0. The molecule has 0 spiro atoms. The van der Waals surface area contributed by atoms with Crippen LogP contribution in [0, 0.1) is 0 Å². The third-order valence-electron chi connectivity index (χ3n) is 3.05. The highest BCUT2D eigenvalue weighted by Gasteiger charge is 2.23. The van der Waals surface area contributed by atoms with Crippen LogP contribution in [0.3, 0.4) is 0 Å². The van der Waals surface area contributed by atoms with Crippen LogP contribution in [0.1, 0.15) is 11.1 Å². The highest BCUT2D eigenvalue weighted by atomic mass is 79.9. The molecule has 0 radical (unpaired) electrons. The normalized spacial score (nSPS) is 11.3. The molecule has 0 aromatic heterocycles. The van der Waals surface area contributed by atoms with Crippen molar-refractivity contribution < 1.29 is 33.0 Å². The Morgan fingerprint density at radius 2 is 1.25 bits per heavy atom. The second kappa shape index (κ2) is 6.47. The lowest BCUT2D eigenvalue weighted by molar-refractivity contribution is -0.245. The van der Waals surface area contributed by atoms with Crippen LogP contribution in [0.2, 0.25) is 0 Å². The van der Waals surface area contributed by atoms with E-state index in [4.69, 9.17) is 0 Å². The first kappa shape index (κ1) is 16.1. The van der Waals surface area contributed by atoms with E-state index in [2.05, 4.69) is 5.73 Å². The average molecular weight is 335 g/mol. The summed E-state index contributed by atoms with van der Waals surface area (Å²) in [5.74, 6) is 0. The molecule has 20 heavy (non-hydrogen) atoms. The molecule has 0 unspecified atom stereocenters. The Balaban J connectivity index is 0.000001000. The molecule has 5 N–H and O–H groups in total. The van der Waals surface area contributed by atoms with Crippen molar-refractivity contribution in [3.8, 4) is 0 Å². The number of amides is 2. The number of hydrogen-bond acceptors (Lipinski definition) is 1. The molecule has 0 bridgehead atoms. The van der Waals surface area contributed by atoms with E-state index in [1.54, 1.807) is 4.90 Å². The van der Waals surface area contributed by atoms with Gasteiger partial charge >= 0.3 is 6.03 Å². The van der Waals surface area contributed by atoms with Gasteiger partial charge < -0.3 is 22.5 Å². The van der Waals surface area contributed by atoms with Crippen molar-refractivity contribution in [1.82, 2.24) is 0 Å². The van der Waals surface area contributed by atoms with E-state index >= 15 is 0 Å². The Kier molecular flexibility index (Phi) is 5.21. The Morgan fingerprint density at radius 1 is 0.850 bits per heavy atom. The lowest BCUT2D eigenvalue weighted by atomic mass is 10.1. The zero-order valence-corrected chi connectivity index (χ0v) is 12.3. The third kappa shape index (κ3) is 2.65. The summed E-state index contributed by atoms with van der Waals surface area (Å²) in [6.45, 7) is 0. The number of anilines is 2. The zero-order valence-electron chi connectivity index (χ0n) is 10.7. The van der Waals surface area contributed by atoms with Crippen molar-refractivity contribution in [2.45, 2.75) is 0 Å². The van der Waals surface area contributed by atoms with Crippen molar-refractivity contribution in [3.63, 3.8) is 0 Å². The summed E-state index contributed by atoms with van der Waals surface area (Å²) in [6, 6.07) is 15.4. The maximum atomic E-state index is 11.9. The van der Waals surface area contributed by atoms with Gasteiger partial charge in [-0.2, -0.15) is 0 Å². The van der Waals surface area contributed by atoms with E-state index in [0.717, 1.165) is 22.5 Å². The van der Waals surface area contributed by atoms with Gasteiger partial charge in [0.15, 0.2) is 0 Å². The second-order valence-electron chi connectivity index (χ2n) is 4.18. The zero-order chi connectivity index (χ0) is 12.5. The minimum atomic E-state index is -0.224. The Bertz CT molecular complexity index is 606. The average Bonchev–Trinajstić information content (AvgIpc) is 2.55. The molecule has 104 valence electrons. The number of halogens is 1. The SMILES string of the molecule is O.[Br-].[NH3+]C(=O)N1c2ccccc2C=Cc2ccccc21. The lowest BCUT2D eigenvalue weighted by Gasteiger charge is -2.20. The number of fused-ring (bicyclic) bond motifs is 2. The van der Waals surface area contributed by atoms with E-state index < -0.39 is 0 Å². The molecule has 2 aromatic rings. The second-order valence-corrected chi connectivity index (χ2v) is 4.18. The molecule has 0 saturated carbocycles. The monoisotopic (exact) mass is 334 g/mol. The predicted molar refractivity (Wildman–Crippen MR) is 75.8 cm³/mol. The summed E-state index contributed by atoms with van der Waals surface area (Å²) >= 11 is 0. The molecule has 0 saturated heterocycles. The van der Waals surface area contributed by atoms with Gasteiger partial charge in [0.25, 0.3) is 0 Å². The van der Waals surface area contributed by atoms with E-state index in [1.165, 1.54) is 0 Å². The summed E-state index contributed by atoms with van der Waals surface area (Å²) in [5.41, 5.74) is 7.35. The number of para-hydroxylation sites is 2. The van der Waals surface area contributed by atoms with E-state index in [1.807, 2.05) is 60.7 Å². The maximum absolute atomic E-state index is 11.9. The van der Waals surface area contributed by atoms with Crippen LogP contribution in [0.4, 0.5) is 16.2 Å². The van der Waals surface area contributed by atoms with Crippen molar-refractivity contribution >= 4 is 29.6 Å². The third-order valence-corrected chi connectivity index (χ3v) is 3.05. The minimum absolute atomic E-state index is 0. The van der Waals surface area contributed by atoms with Gasteiger partial charge in [-0.25, -0.2) is 9.69 Å². The van der Waals surface area contributed by atoms with Gasteiger partial charge in [0.2, 0.25) is 0 Å². The number of nitrogens with zero attached hydrogens (tertiary/aromatic N) is 1. The Morgan fingerprint density at radius 3 is 1.65 bits per heavy atom. The van der Waals surface area contributed by atoms with Gasteiger partial charge in [-0.1, -0.05) is 48.6 Å². The van der Waals surface area contributed by atoms with Gasteiger partial charge in [0.05, 0.1) is 11.4 Å². The van der Waals surface area contributed by atoms with Gasteiger partial charge in [0.1, 0.15) is 0 Å². The smallest absolute Gasteiger partial charge is 0.423 e. The number of benzene rings is 2. The summed E-state index contributed by atoms with van der Waals surface area (Å²) < 4.78 is 0. The standard InChI is InChI=1S/C15H12N2O.BrH.H2O/c16-15(18)17-13-7-3-1-5-11(13)9-10-12-6-2-4-8-14(12)17;;/h1-10H,(H2,16,18);1H;1H2. The van der Waals surface area contributed by atoms with Crippen molar-refractivity contribution in [2.24, 2.45) is 0 Å². The molecular formula is C15H15BrN2O2. The quantitative estimate of drug-likeness (QED) is 0.648. The van der Waals surface area contributed by atoms with Crippen LogP contribution in [0.25, 0.3) is 12.2 Å². The van der Waals surface area contributed by atoms with Gasteiger partial charge in [0, 0.05) is 0 Å². The molecule has 3 rings (SSSR count). The van der Waals surface area contributed by atoms with Crippen LogP contribution in [0.15, 0.2) is 48.5 Å². The molecule has 1 aliphatic rings. The van der Waals surface area contributed by atoms with Crippen molar-refractivity contribution in [1.29, 1.82) is 0 Å². The molecule has 4 nitrogen and oxygen atoms in total. The number of urea groups is 1. The minimum Gasteiger partial charge on any atom is -1.00 e. The number of quaternary nitrogens is 1. The van der Waals surface area contributed by atoms with Crippen LogP contribution >= 0.6 is 0 Å². The van der Waals surface area contributed by atoms with E-state index in [-0.39, 0.29) is 28.5 Å². The number of hydrogen-bond donors (Lipinski definition) is 1. The first-order valence-electron chi connectivity index (χ1n) is 5.79. The Hall–Kier alpha value is -1.95. The van der Waals surface area contributed by atoms with Gasteiger partial charge in [-0.15, -0.1) is 0 Å². The molecule has 5 heteroatoms. The fourth-order valence-corrected chi connectivity index (χ4v) is 2.24. The molecule has 1 heterocycles. The first-order chi connectivity index (χ1) is 8.77. The summed E-state index contributed by atoms with van der Waals surface area (Å²) in [6.07, 6.45) is 4.05. The molecule has 0 fully saturated rings. The van der Waals surface area contributed by atoms with Crippen molar-refractivity contribution in [2.75, 3.05) is 4.90 Å². The molecule has 2 aromatic carbocycles. The molecule has 0 aliphatic carbocycles. The highest BCUT2D eigenvalue weighted by molar-refractivity contribution is 6.01. The predicted octanol–water partition coefficient (Wildman–Crippen LogP) is -1.15. The van der Waals surface area contributed by atoms with Gasteiger partial charge in [-0.05, 0) is 23.3 Å². The summed E-state index contributed by atoms with van der Waals surface area (Å²) in [4.78, 5) is 13.5. The maximum Gasteiger partial charge on any atom is 0.423 e. The van der Waals surface area contributed by atoms with Crippen LogP contribution in [0.5, 0.6) is 0 Å². The largest absolute Gasteiger partial charge is 1.00 e. The van der Waals surface area contributed by atoms with Gasteiger partial charge in [-0.3, -0.25) is 5.73 Å². The summed E-state index contributed by atoms with van der Waals surface area (Å²) in [7, 11) is 0. The highest BCUT2D eigenvalue weighted by Crippen LogP contribution is 2.35. The Labute approximate surface area is 127 Å². The van der Waals surface area contributed by atoms with Crippen LogP contribution < -0.4 is 27.6 Å². The topological polar surface area (TPSA) is 79.5 Å². The van der Waals surface area contributed by atoms with Crippen molar-refractivity contribution in [3.05, 3.63) is 59.7 Å².